The molecule has 17 heteroatoms. The highest BCUT2D eigenvalue weighted by Gasteiger charge is 2.44. The van der Waals surface area contributed by atoms with Crippen LogP contribution < -0.4 is 10.2 Å². The molecule has 13 nitrogen and oxygen atoms in total. The molecule has 2 aliphatic heterocycles. The summed E-state index contributed by atoms with van der Waals surface area (Å²) >= 11 is 1.62. The number of allylic oxidation sites excluding steroid dienone is 7. The van der Waals surface area contributed by atoms with Crippen LogP contribution >= 0.6 is 11.8 Å². The van der Waals surface area contributed by atoms with Crippen molar-refractivity contribution in [3.8, 4) is 0 Å². The standard InChI is InChI=1S/C46H55N3O10S4/c1-32(50)47-35-19-21-36(22-20-35)60-44-33(17-25-42-45(2,3)38-15-6-7-16-40(38)48(42)27-8-10-29-61(51,52)53)13-12-14-34(44)18-26-43-46(4,5)39-31-37(63(57,58)59)23-24-41(39)49(43)28-9-11-30-62(54,55)56/h6-7,15-26,31H,8-14,27-30H2,1-5H3,(H3-,47,50,51,52,53,54,55,56,57,58,59)/p+1. The van der Waals surface area contributed by atoms with Gasteiger partial charge in [-0.25, -0.2) is 0 Å². The molecule has 1 aliphatic carbocycles. The van der Waals surface area contributed by atoms with Gasteiger partial charge in [0.25, 0.3) is 30.4 Å². The Labute approximate surface area is 376 Å². The quantitative estimate of drug-likeness (QED) is 0.0570. The van der Waals surface area contributed by atoms with E-state index in [1.54, 1.807) is 17.8 Å². The molecule has 0 fully saturated rings. The minimum atomic E-state index is -4.49. The molecule has 4 N–H and O–H groups in total. The molecule has 3 aliphatic rings. The van der Waals surface area contributed by atoms with Gasteiger partial charge in [0.2, 0.25) is 11.6 Å². The van der Waals surface area contributed by atoms with Gasteiger partial charge in [0.1, 0.15) is 6.54 Å². The van der Waals surface area contributed by atoms with Crippen molar-refractivity contribution in [2.24, 2.45) is 0 Å². The van der Waals surface area contributed by atoms with E-state index in [0.29, 0.717) is 43.6 Å². The summed E-state index contributed by atoms with van der Waals surface area (Å²) in [6, 6.07) is 20.4. The van der Waals surface area contributed by atoms with Gasteiger partial charge in [0.05, 0.1) is 21.8 Å². The maximum atomic E-state index is 12.2. The lowest BCUT2D eigenvalue weighted by Crippen LogP contribution is -2.28. The number of carbonyl (C=O) groups is 1. The van der Waals surface area contributed by atoms with E-state index in [1.807, 2.05) is 61.2 Å². The SMILES string of the molecule is CC(=O)Nc1ccc(SC2=C(/C=C/C3=[N+](CCCCS(=O)(=O)O)c4ccccc4C3(C)C)CCC/C2=C\C=C2/N(CCCCS(=O)(=O)O)c3ccc(S(=O)(=O)O)cc3C2(C)C)cc1. The topological polar surface area (TPSA) is 198 Å². The first-order valence-corrected chi connectivity index (χ1v) is 26.4. The van der Waals surface area contributed by atoms with E-state index in [4.69, 9.17) is 0 Å². The van der Waals surface area contributed by atoms with Gasteiger partial charge in [-0.2, -0.15) is 29.8 Å². The first-order chi connectivity index (χ1) is 29.5. The molecule has 3 aromatic carbocycles. The Hall–Kier alpha value is -4.36. The van der Waals surface area contributed by atoms with E-state index in [2.05, 4.69) is 54.1 Å². The highest BCUT2D eigenvalue weighted by atomic mass is 32.2. The number of nitrogens with zero attached hydrogens (tertiary/aromatic N) is 2. The van der Waals surface area contributed by atoms with Crippen molar-refractivity contribution in [1.82, 2.24) is 0 Å². The molecule has 0 bridgehead atoms. The van der Waals surface area contributed by atoms with E-state index in [-0.39, 0.29) is 34.1 Å². The number of benzene rings is 3. The summed E-state index contributed by atoms with van der Waals surface area (Å²) in [6.45, 7) is 10.7. The second-order valence-electron chi connectivity index (χ2n) is 17.2. The minimum Gasteiger partial charge on any atom is -0.344 e. The van der Waals surface area contributed by atoms with Gasteiger partial charge in [-0.1, -0.05) is 56.0 Å². The first-order valence-electron chi connectivity index (χ1n) is 20.9. The van der Waals surface area contributed by atoms with Gasteiger partial charge in [0, 0.05) is 69.9 Å². The monoisotopic (exact) mass is 938 g/mol. The van der Waals surface area contributed by atoms with E-state index in [1.165, 1.54) is 19.1 Å². The largest absolute Gasteiger partial charge is 0.344 e. The zero-order valence-electron chi connectivity index (χ0n) is 36.2. The van der Waals surface area contributed by atoms with Crippen LogP contribution in [0.5, 0.6) is 0 Å². The molecule has 0 aromatic heterocycles. The number of nitrogens with one attached hydrogen (secondary N) is 1. The Morgan fingerprint density at radius 1 is 0.794 bits per heavy atom. The van der Waals surface area contributed by atoms with Crippen molar-refractivity contribution in [2.45, 2.75) is 100 Å². The normalized spacial score (nSPS) is 18.8. The van der Waals surface area contributed by atoms with E-state index in [9.17, 15) is 43.7 Å². The lowest BCUT2D eigenvalue weighted by atomic mass is 9.81. The molecule has 2 heterocycles. The Morgan fingerprint density at radius 3 is 2.11 bits per heavy atom. The lowest BCUT2D eigenvalue weighted by Gasteiger charge is -2.27. The van der Waals surface area contributed by atoms with Crippen LogP contribution in [-0.4, -0.2) is 79.7 Å². The van der Waals surface area contributed by atoms with Crippen LogP contribution in [0.3, 0.4) is 0 Å². The van der Waals surface area contributed by atoms with Crippen LogP contribution in [0.2, 0.25) is 0 Å². The Balaban J connectivity index is 1.45. The zero-order valence-corrected chi connectivity index (χ0v) is 39.4. The number of hydrogen-bond acceptors (Lipinski definition) is 9. The molecule has 0 saturated carbocycles. The summed E-state index contributed by atoms with van der Waals surface area (Å²) in [7, 11) is -12.7. The predicted octanol–water partition coefficient (Wildman–Crippen LogP) is 9.00. The highest BCUT2D eigenvalue weighted by Crippen LogP contribution is 2.49. The summed E-state index contributed by atoms with van der Waals surface area (Å²) in [5, 5.41) is 2.82. The average molecular weight is 939 g/mol. The molecule has 0 radical (unpaired) electrons. The van der Waals surface area contributed by atoms with Gasteiger partial charge in [-0.3, -0.25) is 18.5 Å². The molecular weight excluding hydrogens is 883 g/mol. The molecule has 0 unspecified atom stereocenters. The third kappa shape index (κ3) is 11.7. The van der Waals surface area contributed by atoms with Gasteiger partial charge < -0.3 is 10.2 Å². The van der Waals surface area contributed by atoms with Crippen molar-refractivity contribution in [3.63, 3.8) is 0 Å². The second kappa shape index (κ2) is 19.0. The molecule has 1 amide bonds. The molecule has 338 valence electrons. The number of anilines is 2. The Morgan fingerprint density at radius 2 is 1.46 bits per heavy atom. The smallest absolute Gasteiger partial charge is 0.294 e. The van der Waals surface area contributed by atoms with Crippen LogP contribution in [-0.2, 0) is 46.0 Å². The van der Waals surface area contributed by atoms with Crippen molar-refractivity contribution in [2.75, 3.05) is 34.8 Å². The van der Waals surface area contributed by atoms with E-state index >= 15 is 0 Å². The molecule has 6 rings (SSSR count). The van der Waals surface area contributed by atoms with Crippen LogP contribution in [0.25, 0.3) is 0 Å². The average Bonchev–Trinajstić information content (AvgIpc) is 3.54. The molecule has 0 spiro atoms. The number of thioether (sulfide) groups is 1. The molecule has 3 aromatic rings. The van der Waals surface area contributed by atoms with Crippen molar-refractivity contribution in [3.05, 3.63) is 124 Å². The third-order valence-electron chi connectivity index (χ3n) is 11.8. The Kier molecular flexibility index (Phi) is 14.5. The van der Waals surface area contributed by atoms with Crippen molar-refractivity contribution < 1.29 is 48.3 Å². The van der Waals surface area contributed by atoms with Crippen LogP contribution in [0, 0.1) is 0 Å². The number of fused-ring (bicyclic) bond motifs is 2. The van der Waals surface area contributed by atoms with Crippen LogP contribution in [0.15, 0.2) is 123 Å². The minimum absolute atomic E-state index is 0.170. The summed E-state index contributed by atoms with van der Waals surface area (Å²) < 4.78 is 102. The lowest BCUT2D eigenvalue weighted by molar-refractivity contribution is -0.438. The van der Waals surface area contributed by atoms with E-state index in [0.717, 1.165) is 68.6 Å². The Bertz CT molecular complexity index is 2770. The fourth-order valence-electron chi connectivity index (χ4n) is 8.68. The predicted molar refractivity (Wildman–Crippen MR) is 250 cm³/mol. The van der Waals surface area contributed by atoms with Crippen molar-refractivity contribution >= 4 is 70.8 Å². The molecule has 0 saturated heterocycles. The zero-order chi connectivity index (χ0) is 46.0. The van der Waals surface area contributed by atoms with Crippen molar-refractivity contribution in [1.29, 1.82) is 0 Å². The maximum Gasteiger partial charge on any atom is 0.294 e. The molecule has 63 heavy (non-hydrogen) atoms. The summed E-state index contributed by atoms with van der Waals surface area (Å²) in [4.78, 5) is 15.6. The molecule has 0 atom stereocenters. The van der Waals surface area contributed by atoms with Crippen LogP contribution in [0.1, 0.15) is 90.7 Å². The van der Waals surface area contributed by atoms with Crippen LogP contribution in [0.4, 0.5) is 17.1 Å². The molecular formula is C46H56N3O10S4+. The van der Waals surface area contributed by atoms with E-state index < -0.39 is 35.8 Å². The third-order valence-corrected chi connectivity index (χ3v) is 15.5. The van der Waals surface area contributed by atoms with Gasteiger partial charge in [-0.15, -0.1) is 0 Å². The summed E-state index contributed by atoms with van der Waals surface area (Å²) in [6.07, 6.45) is 12.4. The number of amides is 1. The van der Waals surface area contributed by atoms with Gasteiger partial charge in [-0.05, 0) is 118 Å². The fraction of sp³-hybridized carbons (Fsp3) is 0.391. The maximum absolute atomic E-state index is 12.2. The summed E-state index contributed by atoms with van der Waals surface area (Å²) in [5.41, 5.74) is 7.31. The number of para-hydroxylation sites is 1. The van der Waals surface area contributed by atoms with Gasteiger partial charge in [0.15, 0.2) is 5.71 Å². The number of carbonyl (C=O) groups excluding carboxylic acids is 1. The fourth-order valence-corrected chi connectivity index (χ4v) is 11.4. The number of unbranched alkanes of at least 4 members (excludes halogenated alkanes) is 2. The second-order valence-corrected chi connectivity index (χ2v) is 22.8. The first kappa shape index (κ1) is 48.1. The summed E-state index contributed by atoms with van der Waals surface area (Å²) in [5.74, 6) is -0.858. The number of hydrogen-bond donors (Lipinski definition) is 4. The number of rotatable bonds is 17. The van der Waals surface area contributed by atoms with Gasteiger partial charge >= 0.3 is 0 Å². The highest BCUT2D eigenvalue weighted by molar-refractivity contribution is 8.03.